The summed E-state index contributed by atoms with van der Waals surface area (Å²) in [5, 5.41) is 0.398. The zero-order valence-corrected chi connectivity index (χ0v) is 14.1. The van der Waals surface area contributed by atoms with E-state index in [1.807, 2.05) is 0 Å². The number of alkyl halides is 3. The predicted octanol–water partition coefficient (Wildman–Crippen LogP) is 4.06. The maximum atomic E-state index is 13.3. The number of anilines is 1. The average Bonchev–Trinajstić information content (AvgIpc) is 2.99. The van der Waals surface area contributed by atoms with E-state index in [1.165, 1.54) is 18.3 Å². The number of fused-ring (bicyclic) bond motifs is 1. The maximum Gasteiger partial charge on any atom is 0.419 e. The molecule has 3 rings (SSSR count). The number of aromatic amines is 1. The van der Waals surface area contributed by atoms with Gasteiger partial charge in [0.25, 0.3) is 0 Å². The summed E-state index contributed by atoms with van der Waals surface area (Å²) < 4.78 is 44.8. The summed E-state index contributed by atoms with van der Waals surface area (Å²) in [6.07, 6.45) is -2.71. The van der Waals surface area contributed by atoms with Crippen molar-refractivity contribution in [3.05, 3.63) is 40.7 Å². The van der Waals surface area contributed by atoms with E-state index >= 15 is 0 Å². The van der Waals surface area contributed by atoms with Crippen molar-refractivity contribution in [1.82, 2.24) is 15.0 Å². The summed E-state index contributed by atoms with van der Waals surface area (Å²) >= 11 is 6.22. The summed E-state index contributed by atoms with van der Waals surface area (Å²) in [7, 11) is 0. The molecule has 0 saturated heterocycles. The SMILES string of the molecule is CCOC(=O)c1ccc2c(-c3nc(N)ncc3C(F)(F)F)c[nH]c2c1Cl. The minimum Gasteiger partial charge on any atom is -0.462 e. The quantitative estimate of drug-likeness (QED) is 0.664. The Hall–Kier alpha value is -2.81. The van der Waals surface area contributed by atoms with Crippen LogP contribution in [0.3, 0.4) is 0 Å². The molecule has 0 fully saturated rings. The second kappa shape index (κ2) is 6.49. The molecule has 6 nitrogen and oxygen atoms in total. The largest absolute Gasteiger partial charge is 0.462 e. The van der Waals surface area contributed by atoms with Gasteiger partial charge in [-0.15, -0.1) is 0 Å². The standard InChI is InChI=1S/C16H12ClF3N4O2/c1-2-26-14(25)8-4-3-7-9(5-22-13(7)11(8)17)12-10(16(18,19)20)6-23-15(21)24-12/h3-6,22H,2H2,1H3,(H2,21,23,24). The first-order chi connectivity index (χ1) is 12.2. The average molecular weight is 385 g/mol. The minimum absolute atomic E-state index is 0.0442. The second-order valence-corrected chi connectivity index (χ2v) is 5.64. The van der Waals surface area contributed by atoms with Crippen LogP contribution in [-0.4, -0.2) is 27.5 Å². The van der Waals surface area contributed by atoms with Gasteiger partial charge in [0.1, 0.15) is 5.56 Å². The van der Waals surface area contributed by atoms with E-state index < -0.39 is 17.7 Å². The first-order valence-corrected chi connectivity index (χ1v) is 7.78. The molecule has 0 aliphatic rings. The molecule has 1 aromatic carbocycles. The number of carbonyl (C=O) groups is 1. The highest BCUT2D eigenvalue weighted by atomic mass is 35.5. The Bertz CT molecular complexity index is 1000. The Balaban J connectivity index is 2.22. The number of benzene rings is 1. The summed E-state index contributed by atoms with van der Waals surface area (Å²) in [4.78, 5) is 21.9. The van der Waals surface area contributed by atoms with Gasteiger partial charge in [-0.05, 0) is 13.0 Å². The lowest BCUT2D eigenvalue weighted by atomic mass is 10.0. The van der Waals surface area contributed by atoms with Gasteiger partial charge in [0.05, 0.1) is 28.4 Å². The Labute approximate surface area is 150 Å². The van der Waals surface area contributed by atoms with E-state index in [2.05, 4.69) is 15.0 Å². The minimum atomic E-state index is -4.67. The van der Waals surface area contributed by atoms with E-state index in [9.17, 15) is 18.0 Å². The number of H-pyrrole nitrogens is 1. The van der Waals surface area contributed by atoms with Crippen LogP contribution >= 0.6 is 11.6 Å². The highest BCUT2D eigenvalue weighted by Crippen LogP contribution is 2.40. The van der Waals surface area contributed by atoms with Crippen LogP contribution in [0.4, 0.5) is 19.1 Å². The van der Waals surface area contributed by atoms with Gasteiger partial charge in [-0.25, -0.2) is 14.8 Å². The van der Waals surface area contributed by atoms with Crippen molar-refractivity contribution in [1.29, 1.82) is 0 Å². The van der Waals surface area contributed by atoms with Gasteiger partial charge in [-0.2, -0.15) is 13.2 Å². The van der Waals surface area contributed by atoms with Gasteiger partial charge in [-0.1, -0.05) is 17.7 Å². The van der Waals surface area contributed by atoms with Crippen LogP contribution in [0.2, 0.25) is 5.02 Å². The van der Waals surface area contributed by atoms with Crippen LogP contribution in [0.1, 0.15) is 22.8 Å². The Kier molecular flexibility index (Phi) is 4.49. The monoisotopic (exact) mass is 384 g/mol. The van der Waals surface area contributed by atoms with Crippen molar-refractivity contribution >= 4 is 34.4 Å². The molecule has 26 heavy (non-hydrogen) atoms. The number of nitrogens with zero attached hydrogens (tertiary/aromatic N) is 2. The van der Waals surface area contributed by atoms with Crippen LogP contribution < -0.4 is 5.73 Å². The number of nitrogens with one attached hydrogen (secondary N) is 1. The highest BCUT2D eigenvalue weighted by Gasteiger charge is 2.36. The maximum absolute atomic E-state index is 13.3. The number of carbonyl (C=O) groups excluding carboxylic acids is 1. The molecular formula is C16H12ClF3N4O2. The van der Waals surface area contributed by atoms with Gasteiger partial charge in [0.15, 0.2) is 0 Å². The topological polar surface area (TPSA) is 93.9 Å². The summed E-state index contributed by atoms with van der Waals surface area (Å²) in [5.41, 5.74) is 4.58. The number of aromatic nitrogens is 3. The molecule has 0 spiro atoms. The molecule has 0 amide bonds. The third-order valence-electron chi connectivity index (χ3n) is 3.66. The number of nitrogens with two attached hydrogens (primary N) is 1. The third kappa shape index (κ3) is 3.05. The van der Waals surface area contributed by atoms with Crippen LogP contribution in [0.25, 0.3) is 22.2 Å². The van der Waals surface area contributed by atoms with E-state index in [4.69, 9.17) is 22.1 Å². The number of esters is 1. The lowest BCUT2D eigenvalue weighted by Gasteiger charge is -2.11. The zero-order valence-electron chi connectivity index (χ0n) is 13.3. The molecule has 0 aliphatic carbocycles. The molecule has 0 radical (unpaired) electrons. The predicted molar refractivity (Wildman–Crippen MR) is 89.7 cm³/mol. The second-order valence-electron chi connectivity index (χ2n) is 5.26. The molecule has 3 N–H and O–H groups in total. The smallest absolute Gasteiger partial charge is 0.419 e. The van der Waals surface area contributed by atoms with E-state index in [0.717, 1.165) is 0 Å². The number of ether oxygens (including phenoxy) is 1. The van der Waals surface area contributed by atoms with E-state index in [-0.39, 0.29) is 39.9 Å². The molecule has 0 saturated carbocycles. The van der Waals surface area contributed by atoms with E-state index in [1.54, 1.807) is 6.92 Å². The molecule has 0 unspecified atom stereocenters. The van der Waals surface area contributed by atoms with Crippen molar-refractivity contribution in [3.63, 3.8) is 0 Å². The Morgan fingerprint density at radius 2 is 2.12 bits per heavy atom. The van der Waals surface area contributed by atoms with Gasteiger partial charge in [0, 0.05) is 23.3 Å². The molecule has 0 bridgehead atoms. The molecule has 136 valence electrons. The molecule has 0 aliphatic heterocycles. The fourth-order valence-electron chi connectivity index (χ4n) is 2.53. The molecule has 10 heteroatoms. The summed E-state index contributed by atoms with van der Waals surface area (Å²) in [5.74, 6) is -0.922. The lowest BCUT2D eigenvalue weighted by molar-refractivity contribution is -0.137. The molecular weight excluding hydrogens is 373 g/mol. The molecule has 2 heterocycles. The molecule has 2 aromatic heterocycles. The number of hydrogen-bond acceptors (Lipinski definition) is 5. The van der Waals surface area contributed by atoms with Crippen LogP contribution in [0, 0.1) is 0 Å². The summed E-state index contributed by atoms with van der Waals surface area (Å²) in [6.45, 7) is 1.81. The van der Waals surface area contributed by atoms with Gasteiger partial charge in [0.2, 0.25) is 5.95 Å². The fourth-order valence-corrected chi connectivity index (χ4v) is 2.83. The first-order valence-electron chi connectivity index (χ1n) is 7.40. The summed E-state index contributed by atoms with van der Waals surface area (Å²) in [6, 6.07) is 2.86. The number of nitrogen functional groups attached to an aromatic ring is 1. The van der Waals surface area contributed by atoms with Gasteiger partial charge < -0.3 is 15.5 Å². The normalized spacial score (nSPS) is 11.7. The van der Waals surface area contributed by atoms with Gasteiger partial charge >= 0.3 is 12.1 Å². The van der Waals surface area contributed by atoms with Crippen molar-refractivity contribution in [2.45, 2.75) is 13.1 Å². The number of hydrogen-bond donors (Lipinski definition) is 2. The Morgan fingerprint density at radius 1 is 1.38 bits per heavy atom. The van der Waals surface area contributed by atoms with Crippen LogP contribution in [-0.2, 0) is 10.9 Å². The van der Waals surface area contributed by atoms with Crippen molar-refractivity contribution < 1.29 is 22.7 Å². The molecule has 3 aromatic rings. The van der Waals surface area contributed by atoms with E-state index in [0.29, 0.717) is 11.6 Å². The fraction of sp³-hybridized carbons (Fsp3) is 0.188. The van der Waals surface area contributed by atoms with Crippen LogP contribution in [0.15, 0.2) is 24.5 Å². The van der Waals surface area contributed by atoms with Crippen LogP contribution in [0.5, 0.6) is 0 Å². The number of halogens is 4. The lowest BCUT2D eigenvalue weighted by Crippen LogP contribution is -2.11. The van der Waals surface area contributed by atoms with Crippen molar-refractivity contribution in [2.24, 2.45) is 0 Å². The van der Waals surface area contributed by atoms with Crippen molar-refractivity contribution in [2.75, 3.05) is 12.3 Å². The molecule has 0 atom stereocenters. The first kappa shape index (κ1) is 18.0. The van der Waals surface area contributed by atoms with Crippen molar-refractivity contribution in [3.8, 4) is 11.3 Å². The third-order valence-corrected chi connectivity index (χ3v) is 4.05. The zero-order chi connectivity index (χ0) is 19.1. The van der Waals surface area contributed by atoms with Gasteiger partial charge in [-0.3, -0.25) is 0 Å². The highest BCUT2D eigenvalue weighted by molar-refractivity contribution is 6.38. The number of rotatable bonds is 3. The Morgan fingerprint density at radius 3 is 2.77 bits per heavy atom.